The lowest BCUT2D eigenvalue weighted by atomic mass is 9.92. The molecule has 3 heteroatoms. The Bertz CT molecular complexity index is 3450. The van der Waals surface area contributed by atoms with Crippen molar-refractivity contribution in [3.05, 3.63) is 212 Å². The summed E-state index contributed by atoms with van der Waals surface area (Å²) in [6.07, 6.45) is 0. The molecule has 0 aliphatic rings. The van der Waals surface area contributed by atoms with Crippen LogP contribution in [0, 0.1) is 0 Å². The first-order valence-corrected chi connectivity index (χ1v) is 19.7. The molecule has 0 aliphatic heterocycles. The van der Waals surface area contributed by atoms with E-state index < -0.39 is 0 Å². The van der Waals surface area contributed by atoms with Gasteiger partial charge in [-0.15, -0.1) is 0 Å². The fourth-order valence-corrected chi connectivity index (χ4v) is 8.50. The molecule has 0 radical (unpaired) electrons. The van der Waals surface area contributed by atoms with E-state index in [-0.39, 0.29) is 0 Å². The van der Waals surface area contributed by atoms with Gasteiger partial charge in [-0.25, -0.2) is 15.0 Å². The number of nitrogens with zero attached hydrogens (tertiary/aromatic N) is 3. The van der Waals surface area contributed by atoms with E-state index in [0.29, 0.717) is 17.5 Å². The molecule has 0 atom stereocenters. The van der Waals surface area contributed by atoms with Gasteiger partial charge in [0.25, 0.3) is 0 Å². The summed E-state index contributed by atoms with van der Waals surface area (Å²) in [5.74, 6) is 1.88. The molecule has 0 amide bonds. The van der Waals surface area contributed by atoms with Gasteiger partial charge >= 0.3 is 0 Å². The number of hydrogen-bond acceptors (Lipinski definition) is 3. The van der Waals surface area contributed by atoms with Crippen molar-refractivity contribution in [2.45, 2.75) is 0 Å². The second-order valence-electron chi connectivity index (χ2n) is 14.8. The summed E-state index contributed by atoms with van der Waals surface area (Å²) >= 11 is 0. The monoisotopic (exact) mass is 737 g/mol. The Morgan fingerprint density at radius 1 is 0.190 bits per heavy atom. The first-order valence-electron chi connectivity index (χ1n) is 19.7. The maximum Gasteiger partial charge on any atom is 0.164 e. The van der Waals surface area contributed by atoms with Crippen LogP contribution in [0.4, 0.5) is 0 Å². The molecule has 0 N–H and O–H groups in total. The third-order valence-corrected chi connectivity index (χ3v) is 11.3. The van der Waals surface area contributed by atoms with E-state index in [2.05, 4.69) is 188 Å². The minimum absolute atomic E-state index is 0.621. The van der Waals surface area contributed by atoms with Crippen molar-refractivity contribution in [3.63, 3.8) is 0 Å². The van der Waals surface area contributed by atoms with Crippen LogP contribution >= 0.6 is 0 Å². The van der Waals surface area contributed by atoms with Crippen molar-refractivity contribution in [3.8, 4) is 45.3 Å². The minimum Gasteiger partial charge on any atom is -0.208 e. The summed E-state index contributed by atoms with van der Waals surface area (Å²) in [6.45, 7) is 0. The van der Waals surface area contributed by atoms with Crippen molar-refractivity contribution in [1.82, 2.24) is 15.0 Å². The summed E-state index contributed by atoms with van der Waals surface area (Å²) in [5.41, 5.74) is 5.04. The van der Waals surface area contributed by atoms with Crippen LogP contribution in [0.15, 0.2) is 212 Å². The maximum absolute atomic E-state index is 5.25. The highest BCUT2D eigenvalue weighted by Gasteiger charge is 2.16. The number of rotatable bonds is 4. The topological polar surface area (TPSA) is 38.7 Å². The Labute approximate surface area is 335 Å². The highest BCUT2D eigenvalue weighted by molar-refractivity contribution is 6.27. The van der Waals surface area contributed by atoms with Gasteiger partial charge in [-0.3, -0.25) is 0 Å². The molecule has 3 nitrogen and oxygen atoms in total. The quantitative estimate of drug-likeness (QED) is 0.181. The SMILES string of the molecule is c1ccc(-c2cccc(-c3nc(-c4ccccc4)nc(-c4ccc5c6ccccc6c6ccccc6c6ccccc6c6cc7ccccc7cc6c5c4)n3)c2)cc1. The van der Waals surface area contributed by atoms with Gasteiger partial charge < -0.3 is 0 Å². The lowest BCUT2D eigenvalue weighted by Crippen LogP contribution is -2.00. The Hall–Kier alpha value is -7.75. The standard InChI is InChI=1S/C55H35N3/c1-3-16-36(17-4-1)38-22-15-23-41(32-38)54-56-53(37-18-5-2-6-19-37)57-55(58-54)42-30-31-49-47-28-12-11-26-45(47)43-24-9-10-25-44(43)46-27-13-14-29-48(46)50-33-39-20-7-8-21-40(39)34-52(50)51(49)35-42/h1-35H. The summed E-state index contributed by atoms with van der Waals surface area (Å²) in [5, 5.41) is 14.2. The molecule has 0 spiro atoms. The highest BCUT2D eigenvalue weighted by atomic mass is 15.0. The first-order chi connectivity index (χ1) is 28.7. The van der Waals surface area contributed by atoms with Gasteiger partial charge in [-0.1, -0.05) is 188 Å². The van der Waals surface area contributed by atoms with Crippen molar-refractivity contribution in [2.75, 3.05) is 0 Å². The molecular formula is C55H35N3. The van der Waals surface area contributed by atoms with Crippen molar-refractivity contribution >= 4 is 64.6 Å². The molecule has 0 saturated carbocycles. The van der Waals surface area contributed by atoms with Crippen LogP contribution < -0.4 is 0 Å². The average molecular weight is 738 g/mol. The zero-order valence-corrected chi connectivity index (χ0v) is 31.5. The Morgan fingerprint density at radius 2 is 0.534 bits per heavy atom. The molecule has 58 heavy (non-hydrogen) atoms. The molecule has 0 bridgehead atoms. The van der Waals surface area contributed by atoms with Crippen molar-refractivity contribution in [2.24, 2.45) is 0 Å². The fourth-order valence-electron chi connectivity index (χ4n) is 8.50. The van der Waals surface area contributed by atoms with E-state index in [1.165, 1.54) is 48.5 Å². The maximum atomic E-state index is 5.25. The molecule has 0 unspecified atom stereocenters. The van der Waals surface area contributed by atoms with Crippen LogP contribution in [-0.4, -0.2) is 15.0 Å². The van der Waals surface area contributed by atoms with E-state index in [1.54, 1.807) is 0 Å². The van der Waals surface area contributed by atoms with Gasteiger partial charge in [-0.2, -0.15) is 0 Å². The smallest absolute Gasteiger partial charge is 0.164 e. The van der Waals surface area contributed by atoms with E-state index >= 15 is 0 Å². The minimum atomic E-state index is 0.621. The molecule has 1 heterocycles. The molecule has 0 aliphatic carbocycles. The average Bonchev–Trinajstić information content (AvgIpc) is 3.31. The van der Waals surface area contributed by atoms with Crippen LogP contribution in [0.2, 0.25) is 0 Å². The Morgan fingerprint density at radius 3 is 1.07 bits per heavy atom. The van der Waals surface area contributed by atoms with Gasteiger partial charge in [0.15, 0.2) is 17.5 Å². The van der Waals surface area contributed by atoms with E-state index in [0.717, 1.165) is 44.0 Å². The Balaban J connectivity index is 1.27. The van der Waals surface area contributed by atoms with E-state index in [9.17, 15) is 0 Å². The Kier molecular flexibility index (Phi) is 8.15. The normalized spacial score (nSPS) is 11.4. The number of benzene rings is 9. The van der Waals surface area contributed by atoms with Gasteiger partial charge in [0.2, 0.25) is 0 Å². The summed E-state index contributed by atoms with van der Waals surface area (Å²) in [6, 6.07) is 75.7. The van der Waals surface area contributed by atoms with E-state index in [4.69, 9.17) is 15.0 Å². The zero-order chi connectivity index (χ0) is 38.4. The lowest BCUT2D eigenvalue weighted by Gasteiger charge is -2.13. The van der Waals surface area contributed by atoms with Crippen LogP contribution in [0.1, 0.15) is 0 Å². The second-order valence-corrected chi connectivity index (χ2v) is 14.8. The highest BCUT2D eigenvalue weighted by Crippen LogP contribution is 2.39. The predicted molar refractivity (Wildman–Crippen MR) is 244 cm³/mol. The molecule has 0 saturated heterocycles. The molecule has 11 rings (SSSR count). The van der Waals surface area contributed by atoms with Crippen LogP contribution in [0.3, 0.4) is 0 Å². The number of hydrogen-bond donors (Lipinski definition) is 0. The summed E-state index contributed by atoms with van der Waals surface area (Å²) < 4.78 is 0. The molecule has 270 valence electrons. The molecule has 11 aromatic rings. The van der Waals surface area contributed by atoms with Crippen molar-refractivity contribution in [1.29, 1.82) is 0 Å². The number of fused-ring (bicyclic) bond motifs is 11. The summed E-state index contributed by atoms with van der Waals surface area (Å²) in [7, 11) is 0. The van der Waals surface area contributed by atoms with Crippen molar-refractivity contribution < 1.29 is 0 Å². The van der Waals surface area contributed by atoms with Crippen LogP contribution in [0.5, 0.6) is 0 Å². The van der Waals surface area contributed by atoms with Gasteiger partial charge in [0, 0.05) is 16.7 Å². The molecule has 0 fully saturated rings. The van der Waals surface area contributed by atoms with E-state index in [1.807, 2.05) is 24.3 Å². The second kappa shape index (κ2) is 14.1. The van der Waals surface area contributed by atoms with Crippen LogP contribution in [-0.2, 0) is 0 Å². The van der Waals surface area contributed by atoms with Gasteiger partial charge in [0.1, 0.15) is 0 Å². The molecule has 1 aromatic heterocycles. The third-order valence-electron chi connectivity index (χ3n) is 11.3. The largest absolute Gasteiger partial charge is 0.208 e. The zero-order valence-electron chi connectivity index (χ0n) is 31.5. The number of aromatic nitrogens is 3. The third kappa shape index (κ3) is 5.89. The first kappa shape index (κ1) is 33.6. The molecular weight excluding hydrogens is 703 g/mol. The van der Waals surface area contributed by atoms with Crippen LogP contribution in [0.25, 0.3) is 110 Å². The van der Waals surface area contributed by atoms with Gasteiger partial charge in [0.05, 0.1) is 0 Å². The van der Waals surface area contributed by atoms with Gasteiger partial charge in [-0.05, 0) is 100 Å². The fraction of sp³-hybridized carbons (Fsp3) is 0. The molecule has 10 aromatic carbocycles. The predicted octanol–water partition coefficient (Wildman–Crippen LogP) is 14.6. The lowest BCUT2D eigenvalue weighted by molar-refractivity contribution is 1.07. The summed E-state index contributed by atoms with van der Waals surface area (Å²) in [4.78, 5) is 15.5.